The molecule has 8 heteroatoms. The van der Waals surface area contributed by atoms with Crippen LogP contribution in [0.3, 0.4) is 0 Å². The lowest BCUT2D eigenvalue weighted by atomic mass is 10.1. The molecule has 0 aliphatic rings. The molecular formula is C20H37N5O3. The van der Waals surface area contributed by atoms with Crippen LogP contribution in [0.2, 0.25) is 0 Å². The van der Waals surface area contributed by atoms with Crippen LogP contribution >= 0.6 is 0 Å². The summed E-state index contributed by atoms with van der Waals surface area (Å²) in [5.41, 5.74) is 0.419. The summed E-state index contributed by atoms with van der Waals surface area (Å²) in [5, 5.41) is 13.5. The third kappa shape index (κ3) is 9.62. The van der Waals surface area contributed by atoms with Gasteiger partial charge in [0, 0.05) is 25.7 Å². The molecular weight excluding hydrogens is 358 g/mol. The zero-order valence-electron chi connectivity index (χ0n) is 18.4. The Hall–Kier alpha value is -2.25. The van der Waals surface area contributed by atoms with Gasteiger partial charge in [0.2, 0.25) is 0 Å². The van der Waals surface area contributed by atoms with E-state index in [9.17, 15) is 4.79 Å². The predicted molar refractivity (Wildman–Crippen MR) is 111 cm³/mol. The van der Waals surface area contributed by atoms with Crippen LogP contribution in [0.25, 0.3) is 0 Å². The van der Waals surface area contributed by atoms with Crippen LogP contribution in [-0.2, 0) is 11.3 Å². The molecule has 3 N–H and O–H groups in total. The zero-order chi connectivity index (χ0) is 21.2. The Morgan fingerprint density at radius 1 is 1.32 bits per heavy atom. The van der Waals surface area contributed by atoms with Gasteiger partial charge in [-0.05, 0) is 33.1 Å². The van der Waals surface area contributed by atoms with Crippen LogP contribution in [0, 0.1) is 0 Å². The van der Waals surface area contributed by atoms with Crippen LogP contribution < -0.4 is 16.0 Å². The lowest BCUT2D eigenvalue weighted by Crippen LogP contribution is -2.48. The lowest BCUT2D eigenvalue weighted by molar-refractivity contribution is 0.0523. The molecule has 1 aromatic rings. The summed E-state index contributed by atoms with van der Waals surface area (Å²) >= 11 is 0. The van der Waals surface area contributed by atoms with Crippen molar-refractivity contribution >= 4 is 12.1 Å². The Morgan fingerprint density at radius 2 is 2.04 bits per heavy atom. The Balaban J connectivity index is 2.57. The molecule has 0 spiro atoms. The summed E-state index contributed by atoms with van der Waals surface area (Å²) in [4.78, 5) is 16.2. The van der Waals surface area contributed by atoms with Gasteiger partial charge >= 0.3 is 6.09 Å². The maximum Gasteiger partial charge on any atom is 0.407 e. The first-order chi connectivity index (χ1) is 13.1. The van der Waals surface area contributed by atoms with Gasteiger partial charge in [0.15, 0.2) is 11.7 Å². The van der Waals surface area contributed by atoms with E-state index in [0.29, 0.717) is 25.0 Å². The minimum Gasteiger partial charge on any atom is -0.444 e. The van der Waals surface area contributed by atoms with Crippen molar-refractivity contribution in [2.24, 2.45) is 4.99 Å². The summed E-state index contributed by atoms with van der Waals surface area (Å²) in [6.45, 7) is 12.8. The number of carbonyl (C=O) groups is 1. The standard InChI is InChI=1S/C20H37N5O3/c1-8-9-10-15(12-23-19(26)27-20(4,5)6)24-18(21-7)22-13-16-11-17(14(2)3)25-28-16/h11,14-15H,8-10,12-13H2,1-7H3,(H,23,26)(H2,21,22,24). The fourth-order valence-electron chi connectivity index (χ4n) is 2.44. The van der Waals surface area contributed by atoms with E-state index < -0.39 is 11.7 Å². The number of rotatable bonds is 9. The molecule has 160 valence electrons. The number of nitrogens with one attached hydrogen (secondary N) is 3. The van der Waals surface area contributed by atoms with Crippen molar-refractivity contribution in [3.05, 3.63) is 17.5 Å². The van der Waals surface area contributed by atoms with Gasteiger partial charge in [-0.1, -0.05) is 38.8 Å². The topological polar surface area (TPSA) is 101 Å². The molecule has 1 aromatic heterocycles. The zero-order valence-corrected chi connectivity index (χ0v) is 18.4. The average Bonchev–Trinajstić information content (AvgIpc) is 3.08. The van der Waals surface area contributed by atoms with Gasteiger partial charge in [-0.25, -0.2) is 4.79 Å². The molecule has 0 aliphatic carbocycles. The van der Waals surface area contributed by atoms with Gasteiger partial charge in [0.05, 0.1) is 12.2 Å². The number of aliphatic imine (C=N–C) groups is 1. The van der Waals surface area contributed by atoms with Gasteiger partial charge in [-0.2, -0.15) is 0 Å². The van der Waals surface area contributed by atoms with E-state index in [0.717, 1.165) is 30.7 Å². The van der Waals surface area contributed by atoms with E-state index >= 15 is 0 Å². The number of nitrogens with zero attached hydrogens (tertiary/aromatic N) is 2. The monoisotopic (exact) mass is 395 g/mol. The summed E-state index contributed by atoms with van der Waals surface area (Å²) in [5.74, 6) is 1.73. The molecule has 0 bridgehead atoms. The summed E-state index contributed by atoms with van der Waals surface area (Å²) in [6, 6.07) is 1.99. The first kappa shape index (κ1) is 23.8. The quantitative estimate of drug-likeness (QED) is 0.437. The van der Waals surface area contributed by atoms with Crippen molar-refractivity contribution in [3.63, 3.8) is 0 Å². The predicted octanol–water partition coefficient (Wildman–Crippen LogP) is 3.55. The minimum atomic E-state index is -0.514. The maximum atomic E-state index is 11.9. The first-order valence-corrected chi connectivity index (χ1v) is 10.0. The molecule has 0 aliphatic heterocycles. The van der Waals surface area contributed by atoms with Gasteiger partial charge in [-0.15, -0.1) is 0 Å². The number of unbranched alkanes of at least 4 members (excludes halogenated alkanes) is 1. The normalized spacial score (nSPS) is 13.4. The molecule has 1 heterocycles. The van der Waals surface area contributed by atoms with Crippen molar-refractivity contribution in [3.8, 4) is 0 Å². The summed E-state index contributed by atoms with van der Waals surface area (Å²) in [6.07, 6.45) is 2.62. The molecule has 1 atom stereocenters. The molecule has 0 saturated heterocycles. The smallest absolute Gasteiger partial charge is 0.407 e. The fraction of sp³-hybridized carbons (Fsp3) is 0.750. The highest BCUT2D eigenvalue weighted by Gasteiger charge is 2.18. The second-order valence-corrected chi connectivity index (χ2v) is 8.16. The summed E-state index contributed by atoms with van der Waals surface area (Å²) in [7, 11) is 1.72. The number of carbonyl (C=O) groups excluding carboxylic acids is 1. The van der Waals surface area contributed by atoms with Crippen LogP contribution in [-0.4, -0.2) is 42.4 Å². The number of amides is 1. The maximum absolute atomic E-state index is 11.9. The molecule has 28 heavy (non-hydrogen) atoms. The molecule has 1 unspecified atom stereocenters. The van der Waals surface area contributed by atoms with Gasteiger partial charge in [-0.3, -0.25) is 4.99 Å². The molecule has 1 amide bonds. The van der Waals surface area contributed by atoms with E-state index in [1.54, 1.807) is 7.05 Å². The molecule has 0 radical (unpaired) electrons. The Labute approximate surface area is 168 Å². The Morgan fingerprint density at radius 3 is 2.57 bits per heavy atom. The third-order valence-electron chi connectivity index (χ3n) is 3.96. The van der Waals surface area contributed by atoms with Crippen LogP contribution in [0.1, 0.15) is 78.2 Å². The second kappa shape index (κ2) is 11.6. The number of hydrogen-bond acceptors (Lipinski definition) is 5. The molecule has 0 fully saturated rings. The van der Waals surface area contributed by atoms with E-state index in [-0.39, 0.29) is 6.04 Å². The van der Waals surface area contributed by atoms with Gasteiger partial charge in [0.1, 0.15) is 5.60 Å². The molecule has 8 nitrogen and oxygen atoms in total. The molecule has 0 aromatic carbocycles. The highest BCUT2D eigenvalue weighted by Crippen LogP contribution is 2.13. The van der Waals surface area contributed by atoms with Crippen molar-refractivity contribution in [2.45, 2.75) is 84.9 Å². The number of guanidine groups is 1. The van der Waals surface area contributed by atoms with Gasteiger partial charge in [0.25, 0.3) is 0 Å². The lowest BCUT2D eigenvalue weighted by Gasteiger charge is -2.24. The number of hydrogen-bond donors (Lipinski definition) is 3. The van der Waals surface area contributed by atoms with Crippen molar-refractivity contribution in [1.29, 1.82) is 0 Å². The van der Waals surface area contributed by atoms with E-state index in [1.165, 1.54) is 0 Å². The SMILES string of the molecule is CCCCC(CNC(=O)OC(C)(C)C)NC(=NC)NCc1cc(C(C)C)no1. The first-order valence-electron chi connectivity index (χ1n) is 10.0. The highest BCUT2D eigenvalue weighted by molar-refractivity contribution is 5.80. The van der Waals surface area contributed by atoms with Gasteiger partial charge < -0.3 is 25.2 Å². The summed E-state index contributed by atoms with van der Waals surface area (Å²) < 4.78 is 10.7. The molecule has 0 saturated carbocycles. The largest absolute Gasteiger partial charge is 0.444 e. The van der Waals surface area contributed by atoms with Crippen molar-refractivity contribution < 1.29 is 14.1 Å². The van der Waals surface area contributed by atoms with Crippen molar-refractivity contribution in [2.75, 3.05) is 13.6 Å². The van der Waals surface area contributed by atoms with E-state index in [4.69, 9.17) is 9.26 Å². The third-order valence-corrected chi connectivity index (χ3v) is 3.96. The van der Waals surface area contributed by atoms with E-state index in [1.807, 2.05) is 26.8 Å². The van der Waals surface area contributed by atoms with Crippen LogP contribution in [0.5, 0.6) is 0 Å². The van der Waals surface area contributed by atoms with Crippen LogP contribution in [0.4, 0.5) is 4.79 Å². The molecule has 1 rings (SSSR count). The Bertz CT molecular complexity index is 620. The average molecular weight is 396 g/mol. The fourth-order valence-corrected chi connectivity index (χ4v) is 2.44. The second-order valence-electron chi connectivity index (χ2n) is 8.16. The number of ether oxygens (including phenoxy) is 1. The number of aromatic nitrogens is 1. The van der Waals surface area contributed by atoms with Crippen molar-refractivity contribution in [1.82, 2.24) is 21.1 Å². The van der Waals surface area contributed by atoms with E-state index in [2.05, 4.69) is 46.9 Å². The minimum absolute atomic E-state index is 0.0413. The van der Waals surface area contributed by atoms with Crippen LogP contribution in [0.15, 0.2) is 15.6 Å². The highest BCUT2D eigenvalue weighted by atomic mass is 16.6. The number of alkyl carbamates (subject to hydrolysis) is 1. The Kier molecular flexibility index (Phi) is 9.82.